The van der Waals surface area contributed by atoms with Gasteiger partial charge in [-0.25, -0.2) is 9.78 Å². The monoisotopic (exact) mass is 436 g/mol. The first-order chi connectivity index (χ1) is 15.0. The topological polar surface area (TPSA) is 90.7 Å². The van der Waals surface area contributed by atoms with E-state index in [0.717, 1.165) is 28.2 Å². The Balaban J connectivity index is 1.74. The zero-order valence-electron chi connectivity index (χ0n) is 17.0. The first kappa shape index (κ1) is 20.6. The van der Waals surface area contributed by atoms with Crippen molar-refractivity contribution in [1.82, 2.24) is 9.55 Å². The minimum atomic E-state index is -1.14. The fourth-order valence-electron chi connectivity index (χ4n) is 3.32. The number of carboxylic acid groups (broad SMARTS) is 1. The van der Waals surface area contributed by atoms with Gasteiger partial charge in [0.2, 0.25) is 0 Å². The number of hydrogen-bond acceptors (Lipinski definition) is 6. The maximum absolute atomic E-state index is 13.3. The average Bonchev–Trinajstić information content (AvgIpc) is 3.20. The normalized spacial score (nSPS) is 10.9. The second kappa shape index (κ2) is 8.61. The number of benzene rings is 2. The average molecular weight is 436 g/mol. The maximum Gasteiger partial charge on any atom is 0.337 e. The molecule has 2 heterocycles. The van der Waals surface area contributed by atoms with Crippen LogP contribution in [0.1, 0.15) is 15.9 Å². The van der Waals surface area contributed by atoms with Crippen LogP contribution in [-0.4, -0.2) is 34.3 Å². The van der Waals surface area contributed by atoms with E-state index in [4.69, 9.17) is 9.47 Å². The van der Waals surface area contributed by atoms with Crippen molar-refractivity contribution >= 4 is 27.5 Å². The Bertz CT molecular complexity index is 1310. The van der Waals surface area contributed by atoms with Crippen molar-refractivity contribution in [3.63, 3.8) is 0 Å². The molecule has 4 rings (SSSR count). The second-order valence-electron chi connectivity index (χ2n) is 6.92. The predicted molar refractivity (Wildman–Crippen MR) is 120 cm³/mol. The Labute approximate surface area is 182 Å². The molecule has 0 saturated carbocycles. The molecule has 4 aromatic rings. The van der Waals surface area contributed by atoms with Gasteiger partial charge in [0.15, 0.2) is 0 Å². The summed E-state index contributed by atoms with van der Waals surface area (Å²) in [4.78, 5) is 30.0. The summed E-state index contributed by atoms with van der Waals surface area (Å²) in [6.45, 7) is 2.39. The quantitative estimate of drug-likeness (QED) is 0.467. The lowest BCUT2D eigenvalue weighted by molar-refractivity contribution is 0.0699. The number of nitrogens with zero attached hydrogens (tertiary/aromatic N) is 2. The molecular weight excluding hydrogens is 416 g/mol. The third kappa shape index (κ3) is 4.15. The fourth-order valence-corrected chi connectivity index (χ4v) is 4.22. The van der Waals surface area contributed by atoms with E-state index in [2.05, 4.69) is 4.98 Å². The summed E-state index contributed by atoms with van der Waals surface area (Å²) in [6.07, 6.45) is 0. The highest BCUT2D eigenvalue weighted by Gasteiger charge is 2.20. The van der Waals surface area contributed by atoms with Crippen LogP contribution in [0.25, 0.3) is 21.6 Å². The van der Waals surface area contributed by atoms with E-state index in [1.807, 2.05) is 31.2 Å². The molecule has 31 heavy (non-hydrogen) atoms. The summed E-state index contributed by atoms with van der Waals surface area (Å²) in [5.74, 6) is 0.702. The van der Waals surface area contributed by atoms with Crippen LogP contribution in [0, 0.1) is 6.92 Å². The van der Waals surface area contributed by atoms with E-state index in [0.29, 0.717) is 16.4 Å². The lowest BCUT2D eigenvalue weighted by Gasteiger charge is -2.14. The number of ether oxygens (including phenoxy) is 2. The molecular formula is C23H20N2O5S. The van der Waals surface area contributed by atoms with Crippen molar-refractivity contribution in [2.24, 2.45) is 0 Å². The van der Waals surface area contributed by atoms with Gasteiger partial charge in [0.1, 0.15) is 28.8 Å². The van der Waals surface area contributed by atoms with Crippen molar-refractivity contribution in [2.45, 2.75) is 13.5 Å². The maximum atomic E-state index is 13.3. The van der Waals surface area contributed by atoms with Crippen LogP contribution in [0.2, 0.25) is 0 Å². The molecule has 2 aromatic heterocycles. The van der Waals surface area contributed by atoms with Crippen molar-refractivity contribution < 1.29 is 19.4 Å². The SMILES string of the molecule is COc1ccc(OCCn2c(-c3cccc(C)c3)nc3scc(C(=O)O)c3c2=O)cc1. The molecule has 0 radical (unpaired) electrons. The predicted octanol–water partition coefficient (Wildman–Crippen LogP) is 4.22. The van der Waals surface area contributed by atoms with E-state index in [-0.39, 0.29) is 24.1 Å². The van der Waals surface area contributed by atoms with Gasteiger partial charge >= 0.3 is 5.97 Å². The number of fused-ring (bicyclic) bond motifs is 1. The minimum absolute atomic E-state index is 0.0295. The Morgan fingerprint density at radius 2 is 1.90 bits per heavy atom. The van der Waals surface area contributed by atoms with Crippen molar-refractivity contribution in [3.05, 3.63) is 75.4 Å². The Morgan fingerprint density at radius 3 is 2.58 bits per heavy atom. The number of aryl methyl sites for hydroxylation is 1. The van der Waals surface area contributed by atoms with Crippen LogP contribution in [0.3, 0.4) is 0 Å². The van der Waals surface area contributed by atoms with Gasteiger partial charge in [0, 0.05) is 10.9 Å². The molecule has 0 atom stereocenters. The van der Waals surface area contributed by atoms with E-state index in [9.17, 15) is 14.7 Å². The molecule has 0 saturated heterocycles. The van der Waals surface area contributed by atoms with Gasteiger partial charge in [-0.1, -0.05) is 23.8 Å². The Kier molecular flexibility index (Phi) is 5.73. The molecule has 0 fully saturated rings. The molecule has 158 valence electrons. The minimum Gasteiger partial charge on any atom is -0.497 e. The van der Waals surface area contributed by atoms with Crippen LogP contribution in [-0.2, 0) is 6.54 Å². The van der Waals surface area contributed by atoms with Crippen LogP contribution < -0.4 is 15.0 Å². The smallest absolute Gasteiger partial charge is 0.337 e. The summed E-state index contributed by atoms with van der Waals surface area (Å²) in [5.41, 5.74) is 1.40. The lowest BCUT2D eigenvalue weighted by atomic mass is 10.1. The van der Waals surface area contributed by atoms with Crippen molar-refractivity contribution in [1.29, 1.82) is 0 Å². The summed E-state index contributed by atoms with van der Waals surface area (Å²) in [6, 6.07) is 14.8. The molecule has 0 aliphatic rings. The molecule has 0 amide bonds. The summed E-state index contributed by atoms with van der Waals surface area (Å²) in [7, 11) is 1.59. The number of rotatable bonds is 7. The standard InChI is InChI=1S/C23H20N2O5S/c1-14-4-3-5-15(12-14)20-24-21-19(18(13-31-21)23(27)28)22(26)25(20)10-11-30-17-8-6-16(29-2)7-9-17/h3-9,12-13H,10-11H2,1-2H3,(H,27,28). The molecule has 0 bridgehead atoms. The van der Waals surface area contributed by atoms with Gasteiger partial charge in [-0.15, -0.1) is 11.3 Å². The van der Waals surface area contributed by atoms with E-state index in [1.54, 1.807) is 31.4 Å². The number of carbonyl (C=O) groups is 1. The van der Waals surface area contributed by atoms with Gasteiger partial charge in [0.05, 0.1) is 24.6 Å². The molecule has 0 unspecified atom stereocenters. The lowest BCUT2D eigenvalue weighted by Crippen LogP contribution is -2.26. The van der Waals surface area contributed by atoms with E-state index >= 15 is 0 Å². The van der Waals surface area contributed by atoms with Crippen LogP contribution in [0.4, 0.5) is 0 Å². The Hall–Kier alpha value is -3.65. The van der Waals surface area contributed by atoms with Gasteiger partial charge in [0.25, 0.3) is 5.56 Å². The van der Waals surface area contributed by atoms with Crippen LogP contribution in [0.15, 0.2) is 58.7 Å². The van der Waals surface area contributed by atoms with Crippen LogP contribution >= 0.6 is 11.3 Å². The Morgan fingerprint density at radius 1 is 1.16 bits per heavy atom. The molecule has 2 aromatic carbocycles. The molecule has 7 nitrogen and oxygen atoms in total. The fraction of sp³-hybridized carbons (Fsp3) is 0.174. The van der Waals surface area contributed by atoms with Crippen LogP contribution in [0.5, 0.6) is 11.5 Å². The largest absolute Gasteiger partial charge is 0.497 e. The molecule has 1 N–H and O–H groups in total. The third-order valence-corrected chi connectivity index (χ3v) is 5.72. The first-order valence-electron chi connectivity index (χ1n) is 9.57. The van der Waals surface area contributed by atoms with Gasteiger partial charge in [-0.3, -0.25) is 9.36 Å². The van der Waals surface area contributed by atoms with Gasteiger partial charge < -0.3 is 14.6 Å². The molecule has 0 aliphatic heterocycles. The van der Waals surface area contributed by atoms with E-state index < -0.39 is 11.5 Å². The van der Waals surface area contributed by atoms with Gasteiger partial charge in [-0.05, 0) is 37.3 Å². The number of aromatic carboxylic acids is 1. The molecule has 8 heteroatoms. The summed E-state index contributed by atoms with van der Waals surface area (Å²) >= 11 is 1.15. The number of aromatic nitrogens is 2. The highest BCUT2D eigenvalue weighted by atomic mass is 32.1. The number of thiophene rings is 1. The zero-order valence-corrected chi connectivity index (χ0v) is 17.8. The number of carboxylic acids is 1. The first-order valence-corrected chi connectivity index (χ1v) is 10.4. The second-order valence-corrected chi connectivity index (χ2v) is 7.78. The van der Waals surface area contributed by atoms with Crippen molar-refractivity contribution in [3.8, 4) is 22.9 Å². The summed E-state index contributed by atoms with van der Waals surface area (Å²) in [5, 5.41) is 11.1. The zero-order chi connectivity index (χ0) is 22.0. The number of hydrogen-bond donors (Lipinski definition) is 1. The van der Waals surface area contributed by atoms with Gasteiger partial charge in [-0.2, -0.15) is 0 Å². The summed E-state index contributed by atoms with van der Waals surface area (Å²) < 4.78 is 12.4. The third-order valence-electron chi connectivity index (χ3n) is 4.84. The highest BCUT2D eigenvalue weighted by molar-refractivity contribution is 7.17. The molecule has 0 aliphatic carbocycles. The van der Waals surface area contributed by atoms with E-state index in [1.165, 1.54) is 9.95 Å². The number of methoxy groups -OCH3 is 1. The van der Waals surface area contributed by atoms with Crippen molar-refractivity contribution in [2.75, 3.05) is 13.7 Å². The molecule has 0 spiro atoms. The highest BCUT2D eigenvalue weighted by Crippen LogP contribution is 2.26.